The van der Waals surface area contributed by atoms with E-state index in [-0.39, 0.29) is 5.91 Å². The molecule has 0 saturated heterocycles. The van der Waals surface area contributed by atoms with Crippen LogP contribution in [0.3, 0.4) is 0 Å². The highest BCUT2D eigenvalue weighted by Crippen LogP contribution is 2.19. The maximum atomic E-state index is 12.1. The Morgan fingerprint density at radius 1 is 1.00 bits per heavy atom. The average Bonchev–Trinajstić information content (AvgIpc) is 2.96. The Kier molecular flexibility index (Phi) is 3.65. The third-order valence-electron chi connectivity index (χ3n) is 3.38. The number of hydrogen-bond donors (Lipinski definition) is 0. The smallest absolute Gasteiger partial charge is 0.251 e. The summed E-state index contributed by atoms with van der Waals surface area (Å²) < 4.78 is 1.40. The summed E-state index contributed by atoms with van der Waals surface area (Å²) in [5.41, 5.74) is 4.32. The molecule has 21 heavy (non-hydrogen) atoms. The summed E-state index contributed by atoms with van der Waals surface area (Å²) >= 11 is 0. The minimum absolute atomic E-state index is 0.0180. The third-order valence-corrected chi connectivity index (χ3v) is 3.38. The fraction of sp³-hybridized carbons (Fsp3) is 0.111. The molecule has 3 heteroatoms. The molecule has 0 aliphatic carbocycles. The first-order valence-electron chi connectivity index (χ1n) is 6.91. The van der Waals surface area contributed by atoms with Gasteiger partial charge in [-0.3, -0.25) is 4.79 Å². The summed E-state index contributed by atoms with van der Waals surface area (Å²) in [5.74, 6) is -0.0180. The first-order valence-corrected chi connectivity index (χ1v) is 6.91. The Labute approximate surface area is 123 Å². The minimum atomic E-state index is -0.0180. The lowest BCUT2D eigenvalue weighted by Crippen LogP contribution is -2.13. The standard InChI is InChI=1S/C18H16N2O/c1-14-12-19-20(13-14)18(21)11-15-7-9-17(10-8-15)16-5-3-2-4-6-16/h2-10,12-13H,11H2,1H3. The van der Waals surface area contributed by atoms with Crippen molar-refractivity contribution in [1.82, 2.24) is 9.78 Å². The normalized spacial score (nSPS) is 10.5. The number of aromatic nitrogens is 2. The molecule has 0 saturated carbocycles. The second-order valence-electron chi connectivity index (χ2n) is 5.10. The summed E-state index contributed by atoms with van der Waals surface area (Å²) in [6.07, 6.45) is 3.80. The maximum absolute atomic E-state index is 12.1. The van der Waals surface area contributed by atoms with Gasteiger partial charge in [0.2, 0.25) is 0 Å². The van der Waals surface area contributed by atoms with Crippen molar-refractivity contribution in [2.45, 2.75) is 13.3 Å². The van der Waals surface area contributed by atoms with Gasteiger partial charge in [-0.05, 0) is 29.2 Å². The molecule has 1 heterocycles. The maximum Gasteiger partial charge on any atom is 0.251 e. The van der Waals surface area contributed by atoms with Crippen LogP contribution in [0.4, 0.5) is 0 Å². The van der Waals surface area contributed by atoms with Crippen LogP contribution in [-0.2, 0) is 6.42 Å². The SMILES string of the molecule is Cc1cnn(C(=O)Cc2ccc(-c3ccccc3)cc2)c1. The zero-order valence-corrected chi connectivity index (χ0v) is 11.9. The van der Waals surface area contributed by atoms with Crippen molar-refractivity contribution in [3.8, 4) is 11.1 Å². The fourth-order valence-corrected chi connectivity index (χ4v) is 2.25. The molecule has 0 N–H and O–H groups in total. The highest BCUT2D eigenvalue weighted by Gasteiger charge is 2.07. The van der Waals surface area contributed by atoms with E-state index < -0.39 is 0 Å². The lowest BCUT2D eigenvalue weighted by molar-refractivity contribution is 0.0898. The summed E-state index contributed by atoms with van der Waals surface area (Å²) in [4.78, 5) is 12.1. The summed E-state index contributed by atoms with van der Waals surface area (Å²) in [6.45, 7) is 1.92. The van der Waals surface area contributed by atoms with E-state index in [1.807, 2.05) is 49.4 Å². The number of benzene rings is 2. The average molecular weight is 276 g/mol. The van der Waals surface area contributed by atoms with E-state index in [0.717, 1.165) is 16.7 Å². The monoisotopic (exact) mass is 276 g/mol. The molecule has 0 aliphatic heterocycles. The van der Waals surface area contributed by atoms with E-state index >= 15 is 0 Å². The number of carbonyl (C=O) groups excluding carboxylic acids is 1. The van der Waals surface area contributed by atoms with Crippen LogP contribution in [0, 0.1) is 6.92 Å². The van der Waals surface area contributed by atoms with E-state index in [1.165, 1.54) is 10.2 Å². The molecular weight excluding hydrogens is 260 g/mol. The Morgan fingerprint density at radius 3 is 2.29 bits per heavy atom. The zero-order valence-electron chi connectivity index (χ0n) is 11.9. The van der Waals surface area contributed by atoms with Gasteiger partial charge in [-0.15, -0.1) is 0 Å². The molecule has 2 aromatic carbocycles. The van der Waals surface area contributed by atoms with Crippen molar-refractivity contribution in [2.75, 3.05) is 0 Å². The van der Waals surface area contributed by atoms with Crippen LogP contribution in [0.25, 0.3) is 11.1 Å². The van der Waals surface area contributed by atoms with Crippen molar-refractivity contribution < 1.29 is 4.79 Å². The number of aryl methyl sites for hydroxylation is 1. The van der Waals surface area contributed by atoms with Crippen LogP contribution in [0.2, 0.25) is 0 Å². The van der Waals surface area contributed by atoms with Crippen LogP contribution >= 0.6 is 0 Å². The molecule has 0 unspecified atom stereocenters. The number of hydrogen-bond acceptors (Lipinski definition) is 2. The zero-order chi connectivity index (χ0) is 14.7. The van der Waals surface area contributed by atoms with Crippen LogP contribution in [0.15, 0.2) is 67.0 Å². The van der Waals surface area contributed by atoms with Crippen LogP contribution in [-0.4, -0.2) is 15.7 Å². The van der Waals surface area contributed by atoms with Crippen molar-refractivity contribution >= 4 is 5.91 Å². The Balaban J connectivity index is 1.74. The second kappa shape index (κ2) is 5.75. The van der Waals surface area contributed by atoms with Gasteiger partial charge in [0, 0.05) is 6.20 Å². The highest BCUT2D eigenvalue weighted by molar-refractivity contribution is 5.80. The number of rotatable bonds is 3. The molecule has 3 nitrogen and oxygen atoms in total. The Hall–Kier alpha value is -2.68. The number of nitrogens with zero attached hydrogens (tertiary/aromatic N) is 2. The molecule has 1 aromatic heterocycles. The third kappa shape index (κ3) is 3.08. The first-order chi connectivity index (χ1) is 10.2. The van der Waals surface area contributed by atoms with E-state index in [2.05, 4.69) is 17.2 Å². The van der Waals surface area contributed by atoms with Crippen molar-refractivity contribution in [1.29, 1.82) is 0 Å². The molecular formula is C18H16N2O. The van der Waals surface area contributed by atoms with Gasteiger partial charge >= 0.3 is 0 Å². The molecule has 104 valence electrons. The van der Waals surface area contributed by atoms with Gasteiger partial charge < -0.3 is 0 Å². The van der Waals surface area contributed by atoms with Crippen molar-refractivity contribution in [3.05, 3.63) is 78.1 Å². The van der Waals surface area contributed by atoms with E-state index in [9.17, 15) is 4.79 Å². The van der Waals surface area contributed by atoms with Crippen LogP contribution in [0.5, 0.6) is 0 Å². The van der Waals surface area contributed by atoms with E-state index in [1.54, 1.807) is 12.4 Å². The Morgan fingerprint density at radius 2 is 1.67 bits per heavy atom. The van der Waals surface area contributed by atoms with Gasteiger partial charge in [0.25, 0.3) is 5.91 Å². The van der Waals surface area contributed by atoms with Crippen molar-refractivity contribution in [3.63, 3.8) is 0 Å². The largest absolute Gasteiger partial charge is 0.272 e. The Bertz CT molecular complexity index is 742. The molecule has 0 amide bonds. The van der Waals surface area contributed by atoms with Crippen LogP contribution < -0.4 is 0 Å². The summed E-state index contributed by atoms with van der Waals surface area (Å²) in [5, 5.41) is 4.04. The topological polar surface area (TPSA) is 34.9 Å². The van der Waals surface area contributed by atoms with Gasteiger partial charge in [0.05, 0.1) is 12.6 Å². The summed E-state index contributed by atoms with van der Waals surface area (Å²) in [7, 11) is 0. The van der Waals surface area contributed by atoms with E-state index in [4.69, 9.17) is 0 Å². The van der Waals surface area contributed by atoms with Gasteiger partial charge in [-0.25, -0.2) is 4.68 Å². The van der Waals surface area contributed by atoms with Gasteiger partial charge in [0.15, 0.2) is 0 Å². The lowest BCUT2D eigenvalue weighted by atomic mass is 10.0. The van der Waals surface area contributed by atoms with Gasteiger partial charge in [-0.2, -0.15) is 5.10 Å². The molecule has 0 aliphatic rings. The number of carbonyl (C=O) groups is 1. The first kappa shape index (κ1) is 13.3. The van der Waals surface area contributed by atoms with Crippen molar-refractivity contribution in [2.24, 2.45) is 0 Å². The van der Waals surface area contributed by atoms with Crippen LogP contribution in [0.1, 0.15) is 15.9 Å². The second-order valence-corrected chi connectivity index (χ2v) is 5.10. The molecule has 0 fully saturated rings. The van der Waals surface area contributed by atoms with E-state index in [0.29, 0.717) is 6.42 Å². The van der Waals surface area contributed by atoms with Gasteiger partial charge in [0.1, 0.15) is 0 Å². The highest BCUT2D eigenvalue weighted by atomic mass is 16.2. The molecule has 3 rings (SSSR count). The molecule has 0 atom stereocenters. The van der Waals surface area contributed by atoms with Gasteiger partial charge in [-0.1, -0.05) is 54.6 Å². The summed E-state index contributed by atoms with van der Waals surface area (Å²) in [6, 6.07) is 18.3. The molecule has 0 bridgehead atoms. The quantitative estimate of drug-likeness (QED) is 0.730. The predicted octanol–water partition coefficient (Wildman–Crippen LogP) is 3.74. The minimum Gasteiger partial charge on any atom is -0.272 e. The molecule has 3 aromatic rings. The lowest BCUT2D eigenvalue weighted by Gasteiger charge is -2.04. The molecule has 0 radical (unpaired) electrons. The predicted molar refractivity (Wildman–Crippen MR) is 83.2 cm³/mol. The fourth-order valence-electron chi connectivity index (χ4n) is 2.25. The molecule has 0 spiro atoms.